The number of aromatic nitrogens is 3. The molecule has 0 aliphatic carbocycles. The van der Waals surface area contributed by atoms with Gasteiger partial charge in [0.15, 0.2) is 0 Å². The number of hydrogen-bond acceptors (Lipinski definition) is 8. The molecule has 0 saturated heterocycles. The Labute approximate surface area is 182 Å². The van der Waals surface area contributed by atoms with E-state index < -0.39 is 16.1 Å². The number of carbonyl (C=O) groups is 1. The summed E-state index contributed by atoms with van der Waals surface area (Å²) in [4.78, 5) is 12.7. The van der Waals surface area contributed by atoms with Gasteiger partial charge in [-0.3, -0.25) is 4.79 Å². The summed E-state index contributed by atoms with van der Waals surface area (Å²) in [6.45, 7) is 6.40. The molecule has 172 valence electrons. The molecule has 0 radical (unpaired) electrons. The van der Waals surface area contributed by atoms with Crippen LogP contribution in [-0.4, -0.2) is 68.8 Å². The van der Waals surface area contributed by atoms with Gasteiger partial charge in [-0.05, 0) is 18.1 Å². The Hall–Kier alpha value is -2.38. The molecule has 1 atom stereocenters. The minimum absolute atomic E-state index is 0.0104. The minimum atomic E-state index is -3.77. The van der Waals surface area contributed by atoms with Crippen molar-refractivity contribution in [1.29, 1.82) is 0 Å². The summed E-state index contributed by atoms with van der Waals surface area (Å²) in [7, 11) is -3.77. The lowest BCUT2D eigenvalue weighted by molar-refractivity contribution is -0.126. The lowest BCUT2D eigenvalue weighted by Crippen LogP contribution is -2.37. The van der Waals surface area contributed by atoms with Crippen molar-refractivity contribution in [2.75, 3.05) is 39.5 Å². The lowest BCUT2D eigenvalue weighted by atomic mass is 10.0. The maximum absolute atomic E-state index is 12.7. The number of nitrogens with zero attached hydrogens (tertiary/aromatic N) is 3. The fourth-order valence-corrected chi connectivity index (χ4v) is 3.36. The van der Waals surface area contributed by atoms with Crippen molar-refractivity contribution in [3.63, 3.8) is 0 Å². The van der Waals surface area contributed by atoms with E-state index in [-0.39, 0.29) is 16.7 Å². The minimum Gasteiger partial charge on any atom is -0.378 e. The number of rotatable bonds is 13. The third-order valence-electron chi connectivity index (χ3n) is 4.35. The van der Waals surface area contributed by atoms with E-state index in [0.29, 0.717) is 50.8 Å². The zero-order chi connectivity index (χ0) is 22.9. The number of benzene rings is 1. The fourth-order valence-electron chi connectivity index (χ4n) is 2.84. The quantitative estimate of drug-likeness (QED) is 0.353. The van der Waals surface area contributed by atoms with Gasteiger partial charge in [-0.1, -0.05) is 31.2 Å². The van der Waals surface area contributed by atoms with Crippen molar-refractivity contribution in [1.82, 2.24) is 20.3 Å². The second-order valence-corrected chi connectivity index (χ2v) is 8.71. The molecule has 0 spiro atoms. The van der Waals surface area contributed by atoms with Gasteiger partial charge in [0, 0.05) is 18.7 Å². The van der Waals surface area contributed by atoms with Gasteiger partial charge in [0.25, 0.3) is 0 Å². The molecule has 0 aliphatic rings. The number of nitrogens with two attached hydrogens (primary N) is 2. The van der Waals surface area contributed by atoms with E-state index in [1.165, 1.54) is 16.8 Å². The van der Waals surface area contributed by atoms with E-state index in [4.69, 9.17) is 20.3 Å². The van der Waals surface area contributed by atoms with Gasteiger partial charge >= 0.3 is 0 Å². The van der Waals surface area contributed by atoms with Gasteiger partial charge in [-0.2, -0.15) is 0 Å². The van der Waals surface area contributed by atoms with Crippen LogP contribution >= 0.6 is 0 Å². The summed E-state index contributed by atoms with van der Waals surface area (Å²) in [6.07, 6.45) is 1.65. The van der Waals surface area contributed by atoms with Crippen LogP contribution in [0.5, 0.6) is 0 Å². The molecule has 1 aromatic heterocycles. The molecule has 12 heteroatoms. The first-order chi connectivity index (χ1) is 14.7. The van der Waals surface area contributed by atoms with Crippen molar-refractivity contribution in [3.05, 3.63) is 30.5 Å². The largest absolute Gasteiger partial charge is 0.378 e. The average molecular weight is 455 g/mol. The van der Waals surface area contributed by atoms with Crippen LogP contribution in [0.1, 0.15) is 19.9 Å². The molecular weight excluding hydrogens is 424 g/mol. The first kappa shape index (κ1) is 24.9. The predicted octanol–water partition coefficient (Wildman–Crippen LogP) is -0.102. The van der Waals surface area contributed by atoms with Crippen LogP contribution in [0.4, 0.5) is 0 Å². The average Bonchev–Trinajstić information content (AvgIpc) is 3.18. The molecule has 1 aromatic carbocycles. The summed E-state index contributed by atoms with van der Waals surface area (Å²) < 4.78 is 34.9. The number of primary sulfonamides is 1. The zero-order valence-electron chi connectivity index (χ0n) is 17.7. The van der Waals surface area contributed by atoms with Crippen LogP contribution < -0.4 is 16.2 Å². The number of hydrogen-bond donors (Lipinski definition) is 3. The molecule has 11 nitrogen and oxygen atoms in total. The highest BCUT2D eigenvalue weighted by atomic mass is 32.2. The number of sulfonamides is 1. The van der Waals surface area contributed by atoms with Crippen LogP contribution in [0.2, 0.25) is 0 Å². The van der Waals surface area contributed by atoms with Gasteiger partial charge < -0.3 is 20.5 Å². The third-order valence-corrected chi connectivity index (χ3v) is 5.28. The Bertz CT molecular complexity index is 930. The van der Waals surface area contributed by atoms with E-state index in [0.717, 1.165) is 0 Å². The Morgan fingerprint density at radius 1 is 1.13 bits per heavy atom. The number of amides is 1. The van der Waals surface area contributed by atoms with Crippen molar-refractivity contribution in [3.8, 4) is 11.3 Å². The first-order valence-electron chi connectivity index (χ1n) is 9.92. The highest BCUT2D eigenvalue weighted by Crippen LogP contribution is 2.22. The van der Waals surface area contributed by atoms with Crippen LogP contribution in [0.15, 0.2) is 35.4 Å². The van der Waals surface area contributed by atoms with Crippen LogP contribution in [0.25, 0.3) is 11.3 Å². The molecule has 0 bridgehead atoms. The number of nitrogens with one attached hydrogen (secondary N) is 1. The fraction of sp³-hybridized carbons (Fsp3) is 0.526. The van der Waals surface area contributed by atoms with Crippen LogP contribution in [0, 0.1) is 5.92 Å². The molecule has 0 fully saturated rings. The van der Waals surface area contributed by atoms with Gasteiger partial charge in [0.2, 0.25) is 15.9 Å². The normalized spacial score (nSPS) is 12.8. The van der Waals surface area contributed by atoms with Gasteiger partial charge in [0.05, 0.1) is 37.5 Å². The van der Waals surface area contributed by atoms with Gasteiger partial charge in [-0.15, -0.1) is 5.10 Å². The smallest absolute Gasteiger partial charge is 0.245 e. The number of carbonyl (C=O) groups excluding carboxylic acids is 1. The molecule has 0 unspecified atom stereocenters. The first-order valence-corrected chi connectivity index (χ1v) is 11.5. The summed E-state index contributed by atoms with van der Waals surface area (Å²) >= 11 is 0. The number of ether oxygens (including phenoxy) is 2. The molecule has 31 heavy (non-hydrogen) atoms. The van der Waals surface area contributed by atoms with Crippen molar-refractivity contribution in [2.24, 2.45) is 16.8 Å². The monoisotopic (exact) mass is 454 g/mol. The summed E-state index contributed by atoms with van der Waals surface area (Å²) in [5.74, 6) is -0.233. The lowest BCUT2D eigenvalue weighted by Gasteiger charge is -2.20. The second kappa shape index (κ2) is 11.9. The van der Waals surface area contributed by atoms with Crippen LogP contribution in [-0.2, 0) is 24.3 Å². The van der Waals surface area contributed by atoms with Crippen molar-refractivity contribution >= 4 is 15.9 Å². The highest BCUT2D eigenvalue weighted by Gasteiger charge is 2.25. The molecule has 1 heterocycles. The standard InChI is InChI=1S/C19H30N6O5S/c1-14(2)18(19(26)22-8-10-30-12-11-29-9-7-20)25-13-17(23-24-25)15-3-5-16(6-4-15)31(21,27)28/h3-6,13-14,18H,7-12,20H2,1-2H3,(H,22,26)(H2,21,27,28)/t18-/m0/s1. The second-order valence-electron chi connectivity index (χ2n) is 7.15. The van der Waals surface area contributed by atoms with Crippen molar-refractivity contribution < 1.29 is 22.7 Å². The molecule has 2 aromatic rings. The third kappa shape index (κ3) is 7.67. The molecule has 5 N–H and O–H groups in total. The van der Waals surface area contributed by atoms with E-state index in [1.807, 2.05) is 13.8 Å². The van der Waals surface area contributed by atoms with E-state index in [1.54, 1.807) is 18.3 Å². The van der Waals surface area contributed by atoms with Gasteiger partial charge in [0.1, 0.15) is 11.7 Å². The molecular formula is C19H30N6O5S. The maximum Gasteiger partial charge on any atom is 0.245 e. The SMILES string of the molecule is CC(C)[C@@H](C(=O)NCCOCCOCCN)n1cc(-c2ccc(S(N)(=O)=O)cc2)nn1. The van der Waals surface area contributed by atoms with Gasteiger partial charge in [-0.25, -0.2) is 18.2 Å². The van der Waals surface area contributed by atoms with Crippen molar-refractivity contribution in [2.45, 2.75) is 24.8 Å². The Kier molecular flexibility index (Phi) is 9.52. The molecule has 0 saturated carbocycles. The Morgan fingerprint density at radius 2 is 1.77 bits per heavy atom. The van der Waals surface area contributed by atoms with E-state index >= 15 is 0 Å². The summed E-state index contributed by atoms with van der Waals surface area (Å²) in [5.41, 5.74) is 6.50. The molecule has 1 amide bonds. The van der Waals surface area contributed by atoms with E-state index in [2.05, 4.69) is 15.6 Å². The Balaban J connectivity index is 1.94. The summed E-state index contributed by atoms with van der Waals surface area (Å²) in [5, 5.41) is 16.2. The van der Waals surface area contributed by atoms with E-state index in [9.17, 15) is 13.2 Å². The Morgan fingerprint density at radius 3 is 2.35 bits per heavy atom. The van der Waals surface area contributed by atoms with Crippen LogP contribution in [0.3, 0.4) is 0 Å². The highest BCUT2D eigenvalue weighted by molar-refractivity contribution is 7.89. The predicted molar refractivity (Wildman–Crippen MR) is 114 cm³/mol. The topological polar surface area (TPSA) is 164 Å². The summed E-state index contributed by atoms with van der Waals surface area (Å²) in [6, 6.07) is 5.42. The zero-order valence-corrected chi connectivity index (χ0v) is 18.5. The molecule has 0 aliphatic heterocycles. The molecule has 2 rings (SSSR count). The maximum atomic E-state index is 12.7.